The Bertz CT molecular complexity index is 415. The predicted molar refractivity (Wildman–Crippen MR) is 79.6 cm³/mol. The van der Waals surface area contributed by atoms with Crippen molar-refractivity contribution in [1.82, 2.24) is 0 Å². The van der Waals surface area contributed by atoms with E-state index in [4.69, 9.17) is 0 Å². The highest BCUT2D eigenvalue weighted by molar-refractivity contribution is 8.00. The van der Waals surface area contributed by atoms with Gasteiger partial charge in [0.2, 0.25) is 0 Å². The third-order valence-electron chi connectivity index (χ3n) is 2.83. The minimum absolute atomic E-state index is 0.0612. The van der Waals surface area contributed by atoms with Crippen molar-refractivity contribution in [3.8, 4) is 0 Å². The fourth-order valence-electron chi connectivity index (χ4n) is 1.70. The van der Waals surface area contributed by atoms with Crippen molar-refractivity contribution in [3.63, 3.8) is 0 Å². The van der Waals surface area contributed by atoms with E-state index in [1.165, 1.54) is 12.1 Å². The molecule has 0 aliphatic carbocycles. The summed E-state index contributed by atoms with van der Waals surface area (Å²) in [7, 11) is -1.48. The van der Waals surface area contributed by atoms with Gasteiger partial charge in [-0.2, -0.15) is 17.6 Å². The summed E-state index contributed by atoms with van der Waals surface area (Å²) in [5.74, 6) is -3.98. The summed E-state index contributed by atoms with van der Waals surface area (Å²) in [5, 5.41) is -4.08. The van der Waals surface area contributed by atoms with Crippen molar-refractivity contribution in [1.29, 1.82) is 0 Å². The Balaban J connectivity index is 2.64. The molecule has 0 saturated heterocycles. The van der Waals surface area contributed by atoms with Crippen LogP contribution in [0.25, 0.3) is 0 Å². The first-order valence-electron chi connectivity index (χ1n) is 6.53. The molecule has 0 nitrogen and oxygen atoms in total. The zero-order valence-corrected chi connectivity index (χ0v) is 13.7. The monoisotopic (exact) mass is 324 g/mol. The molecule has 0 N–H and O–H groups in total. The number of hydrogen-bond donors (Lipinski definition) is 0. The number of rotatable bonds is 7. The van der Waals surface area contributed by atoms with Crippen molar-refractivity contribution < 1.29 is 17.6 Å². The Kier molecular flexibility index (Phi) is 5.72. The SMILES string of the molecule is C[Si](C)(C)CCCC(F)(F)C(F)(F)Sc1ccccc1. The summed E-state index contributed by atoms with van der Waals surface area (Å²) in [6.07, 6.45) is -0.613. The maximum absolute atomic E-state index is 13.7. The van der Waals surface area contributed by atoms with E-state index in [9.17, 15) is 17.6 Å². The summed E-state index contributed by atoms with van der Waals surface area (Å²) in [6, 6.07) is 8.24. The molecule has 0 fully saturated rings. The van der Waals surface area contributed by atoms with Gasteiger partial charge in [-0.1, -0.05) is 43.9 Å². The van der Waals surface area contributed by atoms with Gasteiger partial charge in [0.1, 0.15) is 0 Å². The molecule has 0 saturated carbocycles. The van der Waals surface area contributed by atoms with E-state index in [-0.39, 0.29) is 23.1 Å². The third-order valence-corrected chi connectivity index (χ3v) is 5.75. The zero-order valence-electron chi connectivity index (χ0n) is 11.9. The molecule has 0 aliphatic rings. The van der Waals surface area contributed by atoms with Gasteiger partial charge in [-0.05, 0) is 30.3 Å². The number of alkyl halides is 4. The fraction of sp³-hybridized carbons (Fsp3) is 0.571. The standard InChI is InChI=1S/C14H20F4SSi/c1-20(2,3)11-7-10-13(15,16)14(17,18)19-12-8-5-4-6-9-12/h4-6,8-9H,7,10-11H2,1-3H3. The average molecular weight is 324 g/mol. The summed E-state index contributed by atoms with van der Waals surface area (Å²) in [4.78, 5) is 0.155. The molecule has 0 amide bonds. The Hall–Kier alpha value is -0.493. The van der Waals surface area contributed by atoms with Gasteiger partial charge in [-0.25, -0.2) is 0 Å². The predicted octanol–water partition coefficient (Wildman–Crippen LogP) is 6.13. The van der Waals surface area contributed by atoms with Crippen LogP contribution in [-0.4, -0.2) is 19.3 Å². The first-order chi connectivity index (χ1) is 9.04. The molecule has 0 unspecified atom stereocenters. The van der Waals surface area contributed by atoms with Crippen LogP contribution >= 0.6 is 11.8 Å². The molecule has 6 heteroatoms. The Morgan fingerprint density at radius 2 is 1.55 bits per heavy atom. The smallest absolute Gasteiger partial charge is 0.199 e. The molecule has 1 aromatic carbocycles. The van der Waals surface area contributed by atoms with Crippen molar-refractivity contribution >= 4 is 19.8 Å². The van der Waals surface area contributed by atoms with Crippen LogP contribution in [-0.2, 0) is 0 Å². The average Bonchev–Trinajstić information content (AvgIpc) is 2.27. The van der Waals surface area contributed by atoms with Gasteiger partial charge in [0.25, 0.3) is 0 Å². The highest BCUT2D eigenvalue weighted by atomic mass is 32.2. The molecule has 114 valence electrons. The van der Waals surface area contributed by atoms with E-state index in [0.717, 1.165) is 0 Å². The lowest BCUT2D eigenvalue weighted by molar-refractivity contribution is -0.155. The van der Waals surface area contributed by atoms with Crippen LogP contribution in [0, 0.1) is 0 Å². The van der Waals surface area contributed by atoms with Crippen LogP contribution in [0.3, 0.4) is 0 Å². The maximum Gasteiger partial charge on any atom is 0.360 e. The first kappa shape index (κ1) is 17.6. The molecule has 0 aliphatic heterocycles. The second-order valence-electron chi connectivity index (χ2n) is 6.05. The second-order valence-corrected chi connectivity index (χ2v) is 12.9. The lowest BCUT2D eigenvalue weighted by Crippen LogP contribution is -2.37. The quantitative estimate of drug-likeness (QED) is 0.330. The first-order valence-corrected chi connectivity index (χ1v) is 11.1. The largest absolute Gasteiger partial charge is 0.360 e. The van der Waals surface area contributed by atoms with Gasteiger partial charge in [0.15, 0.2) is 0 Å². The number of benzene rings is 1. The normalized spacial score (nSPS) is 13.6. The summed E-state index contributed by atoms with van der Waals surface area (Å²) in [6.45, 7) is 6.13. The third kappa shape index (κ3) is 5.48. The Labute approximate surface area is 123 Å². The molecule has 0 radical (unpaired) electrons. The Morgan fingerprint density at radius 1 is 1.00 bits per heavy atom. The topological polar surface area (TPSA) is 0 Å². The minimum Gasteiger partial charge on any atom is -0.199 e. The highest BCUT2D eigenvalue weighted by Crippen LogP contribution is 2.49. The number of thioether (sulfide) groups is 1. The van der Waals surface area contributed by atoms with Crippen LogP contribution in [0.4, 0.5) is 17.6 Å². The maximum atomic E-state index is 13.7. The summed E-state index contributed by atoms with van der Waals surface area (Å²) in [5.41, 5.74) is 0. The van der Waals surface area contributed by atoms with Crippen molar-refractivity contribution in [2.75, 3.05) is 0 Å². The van der Waals surface area contributed by atoms with E-state index in [0.29, 0.717) is 6.04 Å². The fourth-order valence-corrected chi connectivity index (χ4v) is 3.78. The number of halogens is 4. The van der Waals surface area contributed by atoms with E-state index in [1.807, 2.05) is 19.6 Å². The molecule has 1 rings (SSSR count). The summed E-state index contributed by atoms with van der Waals surface area (Å²) >= 11 is -0.0612. The highest BCUT2D eigenvalue weighted by Gasteiger charge is 2.56. The molecule has 0 bridgehead atoms. The molecular weight excluding hydrogens is 304 g/mol. The molecule has 0 aromatic heterocycles. The Morgan fingerprint density at radius 3 is 2.05 bits per heavy atom. The van der Waals surface area contributed by atoms with Crippen LogP contribution in [0.1, 0.15) is 12.8 Å². The van der Waals surface area contributed by atoms with Gasteiger partial charge in [0.05, 0.1) is 0 Å². The van der Waals surface area contributed by atoms with Gasteiger partial charge < -0.3 is 0 Å². The molecule has 0 atom stereocenters. The molecule has 20 heavy (non-hydrogen) atoms. The van der Waals surface area contributed by atoms with Crippen molar-refractivity contribution in [2.24, 2.45) is 0 Å². The van der Waals surface area contributed by atoms with E-state index >= 15 is 0 Å². The van der Waals surface area contributed by atoms with Crippen molar-refractivity contribution in [2.45, 2.75) is 54.6 Å². The van der Waals surface area contributed by atoms with Gasteiger partial charge in [0, 0.05) is 19.4 Å². The molecule has 0 heterocycles. The molecule has 0 spiro atoms. The van der Waals surface area contributed by atoms with Crippen LogP contribution in [0.5, 0.6) is 0 Å². The molecule has 1 aromatic rings. The lowest BCUT2D eigenvalue weighted by atomic mass is 10.2. The second kappa shape index (κ2) is 6.51. The van der Waals surface area contributed by atoms with E-state index < -0.39 is 25.7 Å². The van der Waals surface area contributed by atoms with Crippen LogP contribution in [0.2, 0.25) is 25.7 Å². The van der Waals surface area contributed by atoms with Gasteiger partial charge in [-0.3, -0.25) is 0 Å². The zero-order chi connectivity index (χ0) is 15.4. The minimum atomic E-state index is -4.08. The van der Waals surface area contributed by atoms with E-state index in [2.05, 4.69) is 0 Å². The van der Waals surface area contributed by atoms with Gasteiger partial charge in [-0.15, -0.1) is 0 Å². The van der Waals surface area contributed by atoms with Crippen LogP contribution < -0.4 is 0 Å². The summed E-state index contributed by atoms with van der Waals surface area (Å²) < 4.78 is 54.9. The molecular formula is C14H20F4SSi. The number of hydrogen-bond acceptors (Lipinski definition) is 1. The van der Waals surface area contributed by atoms with Gasteiger partial charge >= 0.3 is 11.2 Å². The van der Waals surface area contributed by atoms with Crippen molar-refractivity contribution in [3.05, 3.63) is 30.3 Å². The lowest BCUT2D eigenvalue weighted by Gasteiger charge is -2.27. The van der Waals surface area contributed by atoms with Crippen LogP contribution in [0.15, 0.2) is 35.2 Å². The van der Waals surface area contributed by atoms with E-state index in [1.54, 1.807) is 18.2 Å².